The zero-order valence-corrected chi connectivity index (χ0v) is 11.9. The summed E-state index contributed by atoms with van der Waals surface area (Å²) in [5.41, 5.74) is 9.30. The average Bonchev–Trinajstić information content (AvgIpc) is 3.02. The van der Waals surface area contributed by atoms with Gasteiger partial charge in [0, 0.05) is 5.92 Å². The number of hydrazine groups is 1. The van der Waals surface area contributed by atoms with Crippen LogP contribution in [0.3, 0.4) is 0 Å². The predicted octanol–water partition coefficient (Wildman–Crippen LogP) is -0.144. The van der Waals surface area contributed by atoms with Crippen molar-refractivity contribution in [3.63, 3.8) is 0 Å². The Kier molecular flexibility index (Phi) is 3.40. The molecule has 0 spiro atoms. The van der Waals surface area contributed by atoms with Crippen LogP contribution in [0.1, 0.15) is 20.1 Å². The number of imidazole rings is 1. The average molecular weight is 293 g/mol. The molecule has 0 bridgehead atoms. The van der Waals surface area contributed by atoms with E-state index in [0.29, 0.717) is 11.2 Å². The number of rotatable bonds is 3. The van der Waals surface area contributed by atoms with E-state index in [4.69, 9.17) is 16.3 Å². The summed E-state index contributed by atoms with van der Waals surface area (Å²) in [6.45, 7) is 4.12. The van der Waals surface area contributed by atoms with E-state index in [1.165, 1.54) is 0 Å². The summed E-state index contributed by atoms with van der Waals surface area (Å²) in [6, 6.07) is 0. The fourth-order valence-electron chi connectivity index (χ4n) is 2.74. The first-order valence-electron chi connectivity index (χ1n) is 6.79. The van der Waals surface area contributed by atoms with Crippen molar-refractivity contribution >= 4 is 22.9 Å². The van der Waals surface area contributed by atoms with Crippen LogP contribution in [0.25, 0.3) is 11.2 Å². The van der Waals surface area contributed by atoms with Crippen molar-refractivity contribution < 1.29 is 9.84 Å². The number of nitrogens with zero attached hydrogens (tertiary/aromatic N) is 4. The van der Waals surface area contributed by atoms with Gasteiger partial charge in [0.05, 0.1) is 19.0 Å². The molecule has 0 radical (unpaired) electrons. The minimum absolute atomic E-state index is 0.0125. The van der Waals surface area contributed by atoms with Crippen LogP contribution < -0.4 is 17.0 Å². The third-order valence-electron chi connectivity index (χ3n) is 4.21. The molecule has 0 saturated carbocycles. The second-order valence-electron chi connectivity index (χ2n) is 5.37. The van der Waals surface area contributed by atoms with Gasteiger partial charge < -0.3 is 15.6 Å². The van der Waals surface area contributed by atoms with E-state index in [-0.39, 0.29) is 42.5 Å². The zero-order chi connectivity index (χ0) is 15.1. The zero-order valence-electron chi connectivity index (χ0n) is 11.9. The van der Waals surface area contributed by atoms with Crippen molar-refractivity contribution in [2.45, 2.75) is 26.2 Å². The van der Waals surface area contributed by atoms with Gasteiger partial charge in [-0.1, -0.05) is 13.8 Å². The van der Waals surface area contributed by atoms with Crippen LogP contribution in [0.15, 0.2) is 6.33 Å². The molecule has 0 aliphatic carbocycles. The molecular weight excluding hydrogens is 274 g/mol. The molecule has 9 nitrogen and oxygen atoms in total. The number of hydrogen-bond acceptors (Lipinski definition) is 8. The number of aliphatic hydroxyl groups is 1. The predicted molar refractivity (Wildman–Crippen MR) is 76.9 cm³/mol. The summed E-state index contributed by atoms with van der Waals surface area (Å²) in [6.07, 6.45) is 1.17. The quantitative estimate of drug-likeness (QED) is 0.453. The molecule has 6 N–H and O–H groups in total. The monoisotopic (exact) mass is 293 g/mol. The van der Waals surface area contributed by atoms with Gasteiger partial charge in [0.15, 0.2) is 11.5 Å². The van der Waals surface area contributed by atoms with Crippen molar-refractivity contribution in [2.75, 3.05) is 17.8 Å². The van der Waals surface area contributed by atoms with E-state index >= 15 is 0 Å². The minimum atomic E-state index is -0.262. The van der Waals surface area contributed by atoms with Crippen molar-refractivity contribution in [1.29, 1.82) is 0 Å². The van der Waals surface area contributed by atoms with E-state index < -0.39 is 0 Å². The van der Waals surface area contributed by atoms with Crippen molar-refractivity contribution in [2.24, 2.45) is 17.7 Å². The Labute approximate surface area is 121 Å². The number of fused-ring (bicyclic) bond motifs is 1. The van der Waals surface area contributed by atoms with Gasteiger partial charge in [-0.15, -0.1) is 0 Å². The first-order chi connectivity index (χ1) is 10.1. The molecule has 1 saturated heterocycles. The van der Waals surface area contributed by atoms with Gasteiger partial charge in [0.2, 0.25) is 5.95 Å². The third-order valence-corrected chi connectivity index (χ3v) is 4.21. The molecule has 0 amide bonds. The maximum Gasteiger partial charge on any atom is 0.241 e. The van der Waals surface area contributed by atoms with Crippen LogP contribution in [-0.2, 0) is 4.74 Å². The fraction of sp³-hybridized carbons (Fsp3) is 0.583. The van der Waals surface area contributed by atoms with Crippen LogP contribution in [-0.4, -0.2) is 37.3 Å². The van der Waals surface area contributed by atoms with Crippen molar-refractivity contribution in [1.82, 2.24) is 19.5 Å². The second-order valence-corrected chi connectivity index (χ2v) is 5.37. The van der Waals surface area contributed by atoms with Gasteiger partial charge in [-0.05, 0) is 5.92 Å². The summed E-state index contributed by atoms with van der Waals surface area (Å²) in [4.78, 5) is 12.5. The highest BCUT2D eigenvalue weighted by Gasteiger charge is 2.40. The van der Waals surface area contributed by atoms with Gasteiger partial charge in [0.25, 0.3) is 0 Å². The van der Waals surface area contributed by atoms with Gasteiger partial charge in [-0.25, -0.2) is 10.8 Å². The molecule has 2 aromatic heterocycles. The highest BCUT2D eigenvalue weighted by atomic mass is 16.5. The Morgan fingerprint density at radius 1 is 1.38 bits per heavy atom. The minimum Gasteiger partial charge on any atom is -0.394 e. The van der Waals surface area contributed by atoms with Crippen LogP contribution in [0.4, 0.5) is 11.8 Å². The molecule has 1 fully saturated rings. The lowest BCUT2D eigenvalue weighted by molar-refractivity contribution is -0.0336. The standard InChI is InChI=1S/C12H19N7O2/c1-5-6(2)11(21-7(5)3-20)19-4-15-8-9(13)16-12(18-14)17-10(8)19/h4-7,11,20H,3,14H2,1-2H3,(H3,13,16,17,18)/t5-,6+,7+,11+/m0/s1. The highest BCUT2D eigenvalue weighted by molar-refractivity contribution is 5.82. The molecule has 21 heavy (non-hydrogen) atoms. The lowest BCUT2D eigenvalue weighted by Gasteiger charge is -2.18. The molecule has 4 atom stereocenters. The summed E-state index contributed by atoms with van der Waals surface area (Å²) >= 11 is 0. The summed E-state index contributed by atoms with van der Waals surface area (Å²) in [5, 5.41) is 9.39. The second kappa shape index (κ2) is 5.10. The van der Waals surface area contributed by atoms with Crippen molar-refractivity contribution in [3.05, 3.63) is 6.33 Å². The molecule has 9 heteroatoms. The third kappa shape index (κ3) is 2.09. The first-order valence-corrected chi connectivity index (χ1v) is 6.79. The first kappa shape index (κ1) is 14.0. The summed E-state index contributed by atoms with van der Waals surface area (Å²) in [7, 11) is 0. The Hall–Kier alpha value is -1.97. The summed E-state index contributed by atoms with van der Waals surface area (Å²) < 4.78 is 7.73. The topological polar surface area (TPSA) is 137 Å². The molecule has 2 aromatic rings. The van der Waals surface area contributed by atoms with Gasteiger partial charge in [-0.2, -0.15) is 9.97 Å². The molecule has 0 aromatic carbocycles. The highest BCUT2D eigenvalue weighted by Crippen LogP contribution is 2.39. The number of aromatic nitrogens is 4. The van der Waals surface area contributed by atoms with Crippen molar-refractivity contribution in [3.8, 4) is 0 Å². The normalized spacial score (nSPS) is 29.1. The molecular formula is C12H19N7O2. The van der Waals surface area contributed by atoms with Gasteiger partial charge >= 0.3 is 0 Å². The molecule has 1 aliphatic rings. The number of anilines is 2. The molecule has 3 rings (SSSR count). The van der Waals surface area contributed by atoms with Gasteiger partial charge in [-0.3, -0.25) is 9.99 Å². The Balaban J connectivity index is 2.07. The van der Waals surface area contributed by atoms with E-state index in [9.17, 15) is 5.11 Å². The number of nitrogens with one attached hydrogen (secondary N) is 1. The maximum atomic E-state index is 9.39. The number of hydrogen-bond donors (Lipinski definition) is 4. The number of ether oxygens (including phenoxy) is 1. The van der Waals surface area contributed by atoms with Crippen LogP contribution >= 0.6 is 0 Å². The molecule has 3 heterocycles. The number of nitrogens with two attached hydrogens (primary N) is 2. The fourth-order valence-corrected chi connectivity index (χ4v) is 2.74. The molecule has 0 unspecified atom stereocenters. The smallest absolute Gasteiger partial charge is 0.241 e. The largest absolute Gasteiger partial charge is 0.394 e. The number of aliphatic hydroxyl groups excluding tert-OH is 1. The SMILES string of the molecule is C[C@@H]1[C@H](C)[C@@H](CO)O[C@H]1n1cnc2c(N)nc(NN)nc21. The maximum absolute atomic E-state index is 9.39. The lowest BCUT2D eigenvalue weighted by Crippen LogP contribution is -2.19. The van der Waals surface area contributed by atoms with Crippen LogP contribution in [0, 0.1) is 11.8 Å². The Morgan fingerprint density at radius 3 is 2.76 bits per heavy atom. The van der Waals surface area contributed by atoms with Crippen LogP contribution in [0.5, 0.6) is 0 Å². The Bertz CT molecular complexity index is 658. The van der Waals surface area contributed by atoms with E-state index in [0.717, 1.165) is 0 Å². The number of nitrogen functional groups attached to an aromatic ring is 2. The summed E-state index contributed by atoms with van der Waals surface area (Å²) in [5.74, 6) is 6.25. The van der Waals surface area contributed by atoms with Crippen LogP contribution in [0.2, 0.25) is 0 Å². The lowest BCUT2D eigenvalue weighted by atomic mass is 9.93. The molecule has 1 aliphatic heterocycles. The van der Waals surface area contributed by atoms with E-state index in [1.54, 1.807) is 6.33 Å². The molecule has 114 valence electrons. The van der Waals surface area contributed by atoms with Gasteiger partial charge in [0.1, 0.15) is 11.7 Å². The Morgan fingerprint density at radius 2 is 2.14 bits per heavy atom. The van der Waals surface area contributed by atoms with E-state index in [1.807, 2.05) is 4.57 Å². The van der Waals surface area contributed by atoms with E-state index in [2.05, 4.69) is 34.2 Å².